The first-order chi connectivity index (χ1) is 12.7. The van der Waals surface area contributed by atoms with Gasteiger partial charge in [-0.15, -0.1) is 10.2 Å². The Morgan fingerprint density at radius 1 is 1.27 bits per heavy atom. The molecular weight excluding hydrogens is 338 g/mol. The lowest BCUT2D eigenvalue weighted by molar-refractivity contribution is -0.150. The van der Waals surface area contributed by atoms with Crippen molar-refractivity contribution in [3.63, 3.8) is 0 Å². The minimum Gasteiger partial charge on any atom is -0.466 e. The number of likely N-dealkylation sites (tertiary alicyclic amines) is 1. The van der Waals surface area contributed by atoms with Crippen LogP contribution in [0.15, 0.2) is 30.3 Å². The standard InChI is InChI=1S/C17H21N5O4/c1-2-25-16(23)13-8-9-22(14(10-13)15-18-20-21-19-15)17(24)26-11-12-6-4-3-5-7-12/h3-7,13-14H,2,8-11H2,1H3,(H,18,19,20,21). The maximum Gasteiger partial charge on any atom is 0.410 e. The summed E-state index contributed by atoms with van der Waals surface area (Å²) in [6.07, 6.45) is 0.415. The third-order valence-electron chi connectivity index (χ3n) is 4.32. The predicted octanol–water partition coefficient (Wildman–Crippen LogP) is 1.85. The molecule has 2 unspecified atom stereocenters. The average Bonchev–Trinajstić information content (AvgIpc) is 3.21. The highest BCUT2D eigenvalue weighted by Gasteiger charge is 2.39. The Balaban J connectivity index is 1.68. The monoisotopic (exact) mass is 359 g/mol. The van der Waals surface area contributed by atoms with Crippen molar-refractivity contribution in [3.8, 4) is 0 Å². The number of hydrogen-bond acceptors (Lipinski definition) is 7. The van der Waals surface area contributed by atoms with E-state index >= 15 is 0 Å². The fourth-order valence-electron chi connectivity index (χ4n) is 3.02. The van der Waals surface area contributed by atoms with Crippen molar-refractivity contribution in [2.45, 2.75) is 32.4 Å². The zero-order valence-electron chi connectivity index (χ0n) is 14.5. The molecule has 1 aromatic carbocycles. The Labute approximate surface area is 150 Å². The van der Waals surface area contributed by atoms with Gasteiger partial charge in [-0.3, -0.25) is 9.69 Å². The van der Waals surface area contributed by atoms with Crippen LogP contribution in [0.25, 0.3) is 0 Å². The number of aromatic amines is 1. The number of hydrogen-bond donors (Lipinski definition) is 1. The molecule has 1 N–H and O–H groups in total. The Bertz CT molecular complexity index is 722. The van der Waals surface area contributed by atoms with Crippen molar-refractivity contribution in [1.82, 2.24) is 25.5 Å². The summed E-state index contributed by atoms with van der Waals surface area (Å²) in [6, 6.07) is 8.96. The van der Waals surface area contributed by atoms with Gasteiger partial charge in [0.15, 0.2) is 5.82 Å². The van der Waals surface area contributed by atoms with E-state index < -0.39 is 12.1 Å². The summed E-state index contributed by atoms with van der Waals surface area (Å²) in [7, 11) is 0. The maximum atomic E-state index is 12.6. The summed E-state index contributed by atoms with van der Waals surface area (Å²) in [4.78, 5) is 26.2. The maximum absolute atomic E-state index is 12.6. The van der Waals surface area contributed by atoms with E-state index in [1.165, 1.54) is 0 Å². The number of carbonyl (C=O) groups is 2. The minimum atomic E-state index is -0.486. The fourth-order valence-corrected chi connectivity index (χ4v) is 3.02. The van der Waals surface area contributed by atoms with Gasteiger partial charge in [0.2, 0.25) is 0 Å². The number of piperidine rings is 1. The second-order valence-corrected chi connectivity index (χ2v) is 5.99. The number of esters is 1. The number of tetrazole rings is 1. The number of amides is 1. The zero-order chi connectivity index (χ0) is 18.4. The molecule has 1 aliphatic rings. The summed E-state index contributed by atoms with van der Waals surface area (Å²) in [6.45, 7) is 2.63. The molecule has 1 aromatic heterocycles. The molecule has 26 heavy (non-hydrogen) atoms. The molecule has 0 aliphatic carbocycles. The first kappa shape index (κ1) is 17.8. The lowest BCUT2D eigenvalue weighted by Gasteiger charge is -2.36. The largest absolute Gasteiger partial charge is 0.466 e. The van der Waals surface area contributed by atoms with Gasteiger partial charge >= 0.3 is 12.1 Å². The molecule has 138 valence electrons. The number of aromatic nitrogens is 4. The van der Waals surface area contributed by atoms with Crippen LogP contribution in [-0.2, 0) is 20.9 Å². The van der Waals surface area contributed by atoms with Gasteiger partial charge in [-0.1, -0.05) is 35.5 Å². The number of benzene rings is 1. The van der Waals surface area contributed by atoms with E-state index in [4.69, 9.17) is 9.47 Å². The highest BCUT2D eigenvalue weighted by atomic mass is 16.6. The normalized spacial score (nSPS) is 19.8. The molecule has 0 bridgehead atoms. The molecule has 1 fully saturated rings. The molecule has 1 aliphatic heterocycles. The first-order valence-electron chi connectivity index (χ1n) is 8.56. The molecule has 1 saturated heterocycles. The smallest absolute Gasteiger partial charge is 0.410 e. The molecular formula is C17H21N5O4. The molecule has 0 spiro atoms. The third kappa shape index (κ3) is 4.16. The van der Waals surface area contributed by atoms with Gasteiger partial charge in [0, 0.05) is 6.54 Å². The van der Waals surface area contributed by atoms with E-state index in [9.17, 15) is 9.59 Å². The van der Waals surface area contributed by atoms with Crippen molar-refractivity contribution in [3.05, 3.63) is 41.7 Å². The number of ether oxygens (including phenoxy) is 2. The summed E-state index contributed by atoms with van der Waals surface area (Å²) in [5.41, 5.74) is 0.901. The van der Waals surface area contributed by atoms with Crippen LogP contribution in [0.4, 0.5) is 4.79 Å². The van der Waals surface area contributed by atoms with Crippen LogP contribution in [0.1, 0.15) is 37.2 Å². The summed E-state index contributed by atoms with van der Waals surface area (Å²) >= 11 is 0. The fraction of sp³-hybridized carbons (Fsp3) is 0.471. The quantitative estimate of drug-likeness (QED) is 0.811. The summed E-state index contributed by atoms with van der Waals surface area (Å²) < 4.78 is 10.5. The number of nitrogens with one attached hydrogen (secondary N) is 1. The van der Waals surface area contributed by atoms with Gasteiger partial charge in [0.05, 0.1) is 18.6 Å². The van der Waals surface area contributed by atoms with Crippen LogP contribution in [0, 0.1) is 5.92 Å². The molecule has 0 radical (unpaired) electrons. The van der Waals surface area contributed by atoms with Crippen molar-refractivity contribution in [1.29, 1.82) is 0 Å². The average molecular weight is 359 g/mol. The van der Waals surface area contributed by atoms with Crippen LogP contribution in [0.3, 0.4) is 0 Å². The van der Waals surface area contributed by atoms with Gasteiger partial charge in [-0.2, -0.15) is 5.21 Å². The third-order valence-corrected chi connectivity index (χ3v) is 4.32. The van der Waals surface area contributed by atoms with Gasteiger partial charge in [0.25, 0.3) is 0 Å². The Morgan fingerprint density at radius 2 is 2.08 bits per heavy atom. The molecule has 2 aromatic rings. The predicted molar refractivity (Wildman–Crippen MR) is 89.6 cm³/mol. The number of rotatable bonds is 5. The van der Waals surface area contributed by atoms with E-state index in [1.807, 2.05) is 30.3 Å². The lowest BCUT2D eigenvalue weighted by Crippen LogP contribution is -2.43. The van der Waals surface area contributed by atoms with Crippen molar-refractivity contribution < 1.29 is 19.1 Å². The molecule has 0 saturated carbocycles. The van der Waals surface area contributed by atoms with Gasteiger partial charge in [0.1, 0.15) is 6.61 Å². The summed E-state index contributed by atoms with van der Waals surface area (Å²) in [5.74, 6) is -0.217. The Morgan fingerprint density at radius 3 is 2.77 bits per heavy atom. The van der Waals surface area contributed by atoms with Crippen molar-refractivity contribution in [2.24, 2.45) is 5.92 Å². The van der Waals surface area contributed by atoms with Crippen LogP contribution in [-0.4, -0.2) is 50.7 Å². The van der Waals surface area contributed by atoms with E-state index in [2.05, 4.69) is 20.6 Å². The first-order valence-corrected chi connectivity index (χ1v) is 8.56. The van der Waals surface area contributed by atoms with Gasteiger partial charge in [-0.05, 0) is 25.3 Å². The zero-order valence-corrected chi connectivity index (χ0v) is 14.5. The lowest BCUT2D eigenvalue weighted by atomic mass is 9.90. The van der Waals surface area contributed by atoms with Crippen LogP contribution in [0.5, 0.6) is 0 Å². The SMILES string of the molecule is CCOC(=O)C1CCN(C(=O)OCc2ccccc2)C(c2nn[nH]n2)C1. The van der Waals surface area contributed by atoms with Gasteiger partial charge in [-0.25, -0.2) is 4.79 Å². The second kappa shape index (κ2) is 8.41. The summed E-state index contributed by atoms with van der Waals surface area (Å²) in [5, 5.41) is 13.9. The molecule has 1 amide bonds. The molecule has 9 heteroatoms. The van der Waals surface area contributed by atoms with E-state index in [0.29, 0.717) is 31.8 Å². The van der Waals surface area contributed by atoms with E-state index in [0.717, 1.165) is 5.56 Å². The number of nitrogens with zero attached hydrogens (tertiary/aromatic N) is 4. The number of carbonyl (C=O) groups excluding carboxylic acids is 2. The van der Waals surface area contributed by atoms with Crippen LogP contribution in [0.2, 0.25) is 0 Å². The molecule has 2 heterocycles. The van der Waals surface area contributed by atoms with Crippen LogP contribution >= 0.6 is 0 Å². The minimum absolute atomic E-state index is 0.177. The van der Waals surface area contributed by atoms with E-state index in [1.54, 1.807) is 11.8 Å². The molecule has 2 atom stereocenters. The molecule has 3 rings (SSSR count). The Hall–Kier alpha value is -2.97. The van der Waals surface area contributed by atoms with Crippen molar-refractivity contribution in [2.75, 3.05) is 13.2 Å². The van der Waals surface area contributed by atoms with Crippen LogP contribution < -0.4 is 0 Å². The number of H-pyrrole nitrogens is 1. The highest BCUT2D eigenvalue weighted by molar-refractivity contribution is 5.74. The topological polar surface area (TPSA) is 110 Å². The highest BCUT2D eigenvalue weighted by Crippen LogP contribution is 2.33. The second-order valence-electron chi connectivity index (χ2n) is 5.99. The Kier molecular flexibility index (Phi) is 5.77. The van der Waals surface area contributed by atoms with E-state index in [-0.39, 0.29) is 18.5 Å². The molecule has 9 nitrogen and oxygen atoms in total. The van der Waals surface area contributed by atoms with Gasteiger partial charge < -0.3 is 9.47 Å². The van der Waals surface area contributed by atoms with Crippen molar-refractivity contribution >= 4 is 12.1 Å².